The van der Waals surface area contributed by atoms with Crippen LogP contribution in [0.3, 0.4) is 0 Å². The standard InChI is InChI=1S/C63H112O6/c1-4-7-10-13-16-18-20-22-24-26-27-28-29-30-31-32-33-34-35-36-37-38-40-41-43-45-47-50-53-56-62(65)68-59-60(58-67-61(64)55-52-49-15-12-9-6-3)69-63(66)57-54-51-48-46-44-42-39-25-23-21-19-17-14-11-8-5-2/h7,10,16,18,22,24-25,27-28,39,60H,4-6,8-9,11-15,17,19-21,23,26,29-38,40-59H2,1-3H3/b10-7-,18-16-,24-22-,28-27-,39-25-. The van der Waals surface area contributed by atoms with Gasteiger partial charge in [-0.05, 0) is 83.5 Å². The Kier molecular flexibility index (Phi) is 55.3. The van der Waals surface area contributed by atoms with Crippen molar-refractivity contribution in [3.63, 3.8) is 0 Å². The summed E-state index contributed by atoms with van der Waals surface area (Å²) in [5.74, 6) is -0.881. The lowest BCUT2D eigenvalue weighted by Crippen LogP contribution is -2.30. The van der Waals surface area contributed by atoms with E-state index >= 15 is 0 Å². The molecule has 0 spiro atoms. The normalized spacial score (nSPS) is 12.4. The van der Waals surface area contributed by atoms with E-state index in [-0.39, 0.29) is 31.1 Å². The van der Waals surface area contributed by atoms with Crippen molar-refractivity contribution >= 4 is 17.9 Å². The highest BCUT2D eigenvalue weighted by Gasteiger charge is 2.19. The molecule has 0 saturated heterocycles. The molecule has 0 amide bonds. The summed E-state index contributed by atoms with van der Waals surface area (Å²) in [6.45, 7) is 6.48. The lowest BCUT2D eigenvalue weighted by Gasteiger charge is -2.18. The third-order valence-corrected chi connectivity index (χ3v) is 13.0. The minimum Gasteiger partial charge on any atom is -0.462 e. The maximum atomic E-state index is 12.8. The molecule has 400 valence electrons. The summed E-state index contributed by atoms with van der Waals surface area (Å²) in [6, 6.07) is 0. The Bertz CT molecular complexity index is 1250. The second-order valence-electron chi connectivity index (χ2n) is 19.9. The first-order valence-corrected chi connectivity index (χ1v) is 29.8. The number of carbonyl (C=O) groups is 3. The van der Waals surface area contributed by atoms with E-state index in [1.807, 2.05) is 0 Å². The van der Waals surface area contributed by atoms with Crippen molar-refractivity contribution < 1.29 is 28.6 Å². The van der Waals surface area contributed by atoms with Crippen LogP contribution in [0, 0.1) is 0 Å². The van der Waals surface area contributed by atoms with Gasteiger partial charge in [-0.25, -0.2) is 0 Å². The van der Waals surface area contributed by atoms with E-state index in [0.717, 1.165) is 89.9 Å². The summed E-state index contributed by atoms with van der Waals surface area (Å²) in [4.78, 5) is 37.9. The van der Waals surface area contributed by atoms with Crippen molar-refractivity contribution in [1.29, 1.82) is 0 Å². The zero-order valence-corrected chi connectivity index (χ0v) is 45.8. The molecular weight excluding hydrogens is 853 g/mol. The molecule has 6 heteroatoms. The van der Waals surface area contributed by atoms with E-state index in [1.165, 1.54) is 173 Å². The van der Waals surface area contributed by atoms with Gasteiger partial charge in [0.1, 0.15) is 13.2 Å². The Morgan fingerprint density at radius 2 is 0.565 bits per heavy atom. The van der Waals surface area contributed by atoms with Crippen LogP contribution in [0.5, 0.6) is 0 Å². The van der Waals surface area contributed by atoms with Crippen LogP contribution in [0.2, 0.25) is 0 Å². The molecule has 6 nitrogen and oxygen atoms in total. The predicted molar refractivity (Wildman–Crippen MR) is 298 cm³/mol. The molecule has 0 radical (unpaired) electrons. The molecule has 0 rings (SSSR count). The van der Waals surface area contributed by atoms with Gasteiger partial charge in [-0.2, -0.15) is 0 Å². The molecule has 0 N–H and O–H groups in total. The number of unbranched alkanes of at least 4 members (excludes halogenated alkanes) is 33. The largest absolute Gasteiger partial charge is 0.462 e. The molecule has 0 heterocycles. The van der Waals surface area contributed by atoms with Crippen molar-refractivity contribution in [3.8, 4) is 0 Å². The average molecular weight is 966 g/mol. The molecule has 0 aliphatic carbocycles. The highest BCUT2D eigenvalue weighted by molar-refractivity contribution is 5.71. The van der Waals surface area contributed by atoms with Crippen molar-refractivity contribution in [2.45, 2.75) is 309 Å². The Morgan fingerprint density at radius 1 is 0.304 bits per heavy atom. The quantitative estimate of drug-likeness (QED) is 0.0262. The predicted octanol–water partition coefficient (Wildman–Crippen LogP) is 20.0. The number of hydrogen-bond acceptors (Lipinski definition) is 6. The van der Waals surface area contributed by atoms with Crippen LogP contribution in [0.15, 0.2) is 60.8 Å². The number of esters is 3. The molecule has 0 aliphatic heterocycles. The molecular formula is C63H112O6. The Labute approximate surface area is 428 Å². The SMILES string of the molecule is CC/C=C\C/C=C\C/C=C\C/C=C\CCCCCCCCCCCCCCCCCCC(=O)OCC(COC(=O)CCCCCCCC)OC(=O)CCCCCCC/C=C\CCCCCCCCC. The first kappa shape index (κ1) is 66.1. The van der Waals surface area contributed by atoms with Gasteiger partial charge >= 0.3 is 17.9 Å². The molecule has 0 aromatic rings. The number of rotatable bonds is 54. The first-order chi connectivity index (χ1) is 34.0. The molecule has 69 heavy (non-hydrogen) atoms. The Hall–Kier alpha value is -2.89. The van der Waals surface area contributed by atoms with Gasteiger partial charge in [0, 0.05) is 19.3 Å². The highest BCUT2D eigenvalue weighted by atomic mass is 16.6. The highest BCUT2D eigenvalue weighted by Crippen LogP contribution is 2.16. The summed E-state index contributed by atoms with van der Waals surface area (Å²) < 4.78 is 16.8. The smallest absolute Gasteiger partial charge is 0.306 e. The summed E-state index contributed by atoms with van der Waals surface area (Å²) in [7, 11) is 0. The summed E-state index contributed by atoms with van der Waals surface area (Å²) in [6.07, 6.45) is 72.6. The molecule has 0 fully saturated rings. The van der Waals surface area contributed by atoms with Crippen LogP contribution in [0.4, 0.5) is 0 Å². The number of hydrogen-bond donors (Lipinski definition) is 0. The van der Waals surface area contributed by atoms with E-state index in [9.17, 15) is 14.4 Å². The van der Waals surface area contributed by atoms with Crippen molar-refractivity contribution in [3.05, 3.63) is 60.8 Å². The van der Waals surface area contributed by atoms with Gasteiger partial charge in [0.05, 0.1) is 0 Å². The third kappa shape index (κ3) is 55.9. The second kappa shape index (κ2) is 57.7. The van der Waals surface area contributed by atoms with Crippen molar-refractivity contribution in [2.24, 2.45) is 0 Å². The second-order valence-corrected chi connectivity index (χ2v) is 19.9. The molecule has 1 unspecified atom stereocenters. The van der Waals surface area contributed by atoms with Crippen LogP contribution < -0.4 is 0 Å². The molecule has 0 aromatic heterocycles. The van der Waals surface area contributed by atoms with E-state index in [4.69, 9.17) is 14.2 Å². The minimum absolute atomic E-state index is 0.0743. The summed E-state index contributed by atoms with van der Waals surface area (Å²) in [5, 5.41) is 0. The van der Waals surface area contributed by atoms with Crippen LogP contribution in [0.25, 0.3) is 0 Å². The maximum Gasteiger partial charge on any atom is 0.306 e. The fourth-order valence-electron chi connectivity index (χ4n) is 8.55. The molecule has 0 aliphatic rings. The Balaban J connectivity index is 4.03. The van der Waals surface area contributed by atoms with Gasteiger partial charge in [-0.15, -0.1) is 0 Å². The van der Waals surface area contributed by atoms with E-state index in [2.05, 4.69) is 81.5 Å². The number of ether oxygens (including phenoxy) is 3. The van der Waals surface area contributed by atoms with E-state index < -0.39 is 6.10 Å². The first-order valence-electron chi connectivity index (χ1n) is 29.8. The average Bonchev–Trinajstić information content (AvgIpc) is 3.35. The molecule has 0 bridgehead atoms. The zero-order chi connectivity index (χ0) is 50.0. The van der Waals surface area contributed by atoms with Crippen LogP contribution in [-0.2, 0) is 28.6 Å². The third-order valence-electron chi connectivity index (χ3n) is 13.0. The lowest BCUT2D eigenvalue weighted by atomic mass is 10.0. The topological polar surface area (TPSA) is 78.9 Å². The Morgan fingerprint density at radius 3 is 0.899 bits per heavy atom. The van der Waals surface area contributed by atoms with Gasteiger partial charge in [0.2, 0.25) is 0 Å². The van der Waals surface area contributed by atoms with Gasteiger partial charge < -0.3 is 14.2 Å². The maximum absolute atomic E-state index is 12.8. The van der Waals surface area contributed by atoms with Crippen LogP contribution in [-0.4, -0.2) is 37.2 Å². The number of carbonyl (C=O) groups excluding carboxylic acids is 3. The van der Waals surface area contributed by atoms with Crippen LogP contribution >= 0.6 is 0 Å². The van der Waals surface area contributed by atoms with E-state index in [1.54, 1.807) is 0 Å². The number of allylic oxidation sites excluding steroid dienone is 10. The van der Waals surface area contributed by atoms with Gasteiger partial charge in [-0.3, -0.25) is 14.4 Å². The van der Waals surface area contributed by atoms with Crippen LogP contribution in [0.1, 0.15) is 303 Å². The van der Waals surface area contributed by atoms with Crippen molar-refractivity contribution in [2.75, 3.05) is 13.2 Å². The van der Waals surface area contributed by atoms with Crippen molar-refractivity contribution in [1.82, 2.24) is 0 Å². The summed E-state index contributed by atoms with van der Waals surface area (Å²) >= 11 is 0. The van der Waals surface area contributed by atoms with Gasteiger partial charge in [0.25, 0.3) is 0 Å². The molecule has 0 aromatic carbocycles. The van der Waals surface area contributed by atoms with Gasteiger partial charge in [-0.1, -0.05) is 261 Å². The molecule has 1 atom stereocenters. The lowest BCUT2D eigenvalue weighted by molar-refractivity contribution is -0.167. The monoisotopic (exact) mass is 965 g/mol. The van der Waals surface area contributed by atoms with E-state index in [0.29, 0.717) is 19.3 Å². The summed E-state index contributed by atoms with van der Waals surface area (Å²) in [5.41, 5.74) is 0. The minimum atomic E-state index is -0.773. The molecule has 0 saturated carbocycles. The fraction of sp³-hybridized carbons (Fsp3) is 0.794. The fourth-order valence-corrected chi connectivity index (χ4v) is 8.55. The zero-order valence-electron chi connectivity index (χ0n) is 45.8. The van der Waals surface area contributed by atoms with Gasteiger partial charge in [0.15, 0.2) is 6.10 Å².